The SMILES string of the molecule is CC(C#N)(C#N)NCC(O)CO. The van der Waals surface area contributed by atoms with E-state index < -0.39 is 11.6 Å². The Hall–Kier alpha value is -1.14. The van der Waals surface area contributed by atoms with Crippen molar-refractivity contribution in [1.29, 1.82) is 10.5 Å². The number of aliphatic hydroxyl groups is 2. The standard InChI is InChI=1S/C7H11N3O2/c1-7(4-8,5-9)10-2-6(12)3-11/h6,10-12H,2-3H2,1H3. The number of hydrogen-bond acceptors (Lipinski definition) is 5. The van der Waals surface area contributed by atoms with Gasteiger partial charge in [-0.1, -0.05) is 0 Å². The maximum absolute atomic E-state index is 8.88. The van der Waals surface area contributed by atoms with Gasteiger partial charge in [0.05, 0.1) is 12.7 Å². The van der Waals surface area contributed by atoms with E-state index in [-0.39, 0.29) is 13.2 Å². The van der Waals surface area contributed by atoms with E-state index in [1.54, 1.807) is 12.1 Å². The highest BCUT2D eigenvalue weighted by Gasteiger charge is 2.22. The van der Waals surface area contributed by atoms with E-state index in [1.165, 1.54) is 6.92 Å². The summed E-state index contributed by atoms with van der Waals surface area (Å²) in [6, 6.07) is 3.49. The minimum absolute atomic E-state index is 0.0219. The molecule has 0 saturated heterocycles. The highest BCUT2D eigenvalue weighted by Crippen LogP contribution is 1.98. The molecule has 5 heteroatoms. The molecule has 0 rings (SSSR count). The topological polar surface area (TPSA) is 100 Å². The molecule has 0 radical (unpaired) electrons. The minimum Gasteiger partial charge on any atom is -0.394 e. The Kier molecular flexibility index (Phi) is 4.24. The van der Waals surface area contributed by atoms with Gasteiger partial charge >= 0.3 is 0 Å². The minimum atomic E-state index is -1.30. The van der Waals surface area contributed by atoms with E-state index >= 15 is 0 Å². The van der Waals surface area contributed by atoms with Crippen LogP contribution in [0.3, 0.4) is 0 Å². The summed E-state index contributed by atoms with van der Waals surface area (Å²) in [6.07, 6.45) is -0.939. The van der Waals surface area contributed by atoms with Crippen LogP contribution < -0.4 is 5.32 Å². The molecule has 0 aromatic rings. The fourth-order valence-corrected chi connectivity index (χ4v) is 0.491. The number of nitrogens with zero attached hydrogens (tertiary/aromatic N) is 2. The Morgan fingerprint density at radius 3 is 2.33 bits per heavy atom. The average molecular weight is 169 g/mol. The Bertz CT molecular complexity index is 202. The molecule has 0 bridgehead atoms. The van der Waals surface area contributed by atoms with Crippen LogP contribution in [-0.4, -0.2) is 35.0 Å². The lowest BCUT2D eigenvalue weighted by molar-refractivity contribution is 0.0918. The number of aliphatic hydroxyl groups excluding tert-OH is 2. The highest BCUT2D eigenvalue weighted by molar-refractivity contribution is 5.18. The summed E-state index contributed by atoms with van der Waals surface area (Å²) in [7, 11) is 0. The second kappa shape index (κ2) is 4.68. The summed E-state index contributed by atoms with van der Waals surface area (Å²) in [5.41, 5.74) is -1.30. The molecule has 0 saturated carbocycles. The van der Waals surface area contributed by atoms with Gasteiger partial charge in [0.25, 0.3) is 0 Å². The first-order valence-electron chi connectivity index (χ1n) is 3.44. The van der Waals surface area contributed by atoms with Crippen LogP contribution in [0, 0.1) is 22.7 Å². The van der Waals surface area contributed by atoms with Gasteiger partial charge in [0.2, 0.25) is 0 Å². The summed E-state index contributed by atoms with van der Waals surface area (Å²) in [4.78, 5) is 0. The molecule has 0 aliphatic carbocycles. The molecule has 0 fully saturated rings. The van der Waals surface area contributed by atoms with Crippen molar-refractivity contribution in [3.05, 3.63) is 0 Å². The first-order chi connectivity index (χ1) is 5.58. The lowest BCUT2D eigenvalue weighted by atomic mass is 10.1. The summed E-state index contributed by atoms with van der Waals surface area (Å²) < 4.78 is 0. The second-order valence-corrected chi connectivity index (χ2v) is 2.57. The molecule has 3 N–H and O–H groups in total. The fraction of sp³-hybridized carbons (Fsp3) is 0.714. The predicted molar refractivity (Wildman–Crippen MR) is 40.7 cm³/mol. The number of nitriles is 2. The van der Waals surface area contributed by atoms with E-state index in [4.69, 9.17) is 20.7 Å². The van der Waals surface area contributed by atoms with Crippen LogP contribution in [0.15, 0.2) is 0 Å². The number of nitrogens with one attached hydrogen (secondary N) is 1. The summed E-state index contributed by atoms with van der Waals surface area (Å²) in [5.74, 6) is 0. The van der Waals surface area contributed by atoms with Gasteiger partial charge in [0, 0.05) is 6.54 Å². The van der Waals surface area contributed by atoms with Gasteiger partial charge in [-0.05, 0) is 6.92 Å². The Morgan fingerprint density at radius 1 is 1.50 bits per heavy atom. The fourth-order valence-electron chi connectivity index (χ4n) is 0.491. The molecule has 66 valence electrons. The normalized spacial score (nSPS) is 13.1. The second-order valence-electron chi connectivity index (χ2n) is 2.57. The molecule has 0 aliphatic rings. The highest BCUT2D eigenvalue weighted by atomic mass is 16.3. The lowest BCUT2D eigenvalue weighted by Gasteiger charge is -2.16. The van der Waals surface area contributed by atoms with Crippen molar-refractivity contribution in [2.24, 2.45) is 0 Å². The molecule has 1 unspecified atom stereocenters. The maximum Gasteiger partial charge on any atom is 0.191 e. The van der Waals surface area contributed by atoms with Gasteiger partial charge in [0.1, 0.15) is 12.1 Å². The van der Waals surface area contributed by atoms with Gasteiger partial charge < -0.3 is 10.2 Å². The number of hydrogen-bond donors (Lipinski definition) is 3. The van der Waals surface area contributed by atoms with Crippen molar-refractivity contribution in [2.75, 3.05) is 13.2 Å². The van der Waals surface area contributed by atoms with Crippen LogP contribution in [0.1, 0.15) is 6.92 Å². The molecular formula is C7H11N3O2. The van der Waals surface area contributed by atoms with Crippen molar-refractivity contribution in [3.63, 3.8) is 0 Å². The zero-order chi connectivity index (χ0) is 9.61. The third-order valence-electron chi connectivity index (χ3n) is 1.35. The van der Waals surface area contributed by atoms with Gasteiger partial charge in [-0.3, -0.25) is 5.32 Å². The van der Waals surface area contributed by atoms with Crippen LogP contribution in [0.2, 0.25) is 0 Å². The van der Waals surface area contributed by atoms with Crippen LogP contribution >= 0.6 is 0 Å². The van der Waals surface area contributed by atoms with Gasteiger partial charge in [-0.2, -0.15) is 10.5 Å². The molecule has 0 amide bonds. The van der Waals surface area contributed by atoms with E-state index in [1.807, 2.05) is 0 Å². The Morgan fingerprint density at radius 2 is 2.00 bits per heavy atom. The molecule has 0 aromatic carbocycles. The number of β-amino-alcohol motifs (C(OH)–C–C–N with tert-alkyl or cyclic N) is 1. The molecule has 5 nitrogen and oxygen atoms in total. The first-order valence-corrected chi connectivity index (χ1v) is 3.44. The van der Waals surface area contributed by atoms with Crippen molar-refractivity contribution >= 4 is 0 Å². The molecule has 0 aromatic heterocycles. The molecule has 1 atom stereocenters. The van der Waals surface area contributed by atoms with Crippen LogP contribution in [-0.2, 0) is 0 Å². The van der Waals surface area contributed by atoms with Crippen molar-refractivity contribution in [2.45, 2.75) is 18.6 Å². The molecule has 0 aliphatic heterocycles. The van der Waals surface area contributed by atoms with Crippen molar-refractivity contribution in [1.82, 2.24) is 5.32 Å². The predicted octanol–water partition coefficient (Wildman–Crippen LogP) is -1.26. The van der Waals surface area contributed by atoms with Crippen molar-refractivity contribution in [3.8, 4) is 12.1 Å². The molecule has 12 heavy (non-hydrogen) atoms. The Labute approximate surface area is 70.9 Å². The van der Waals surface area contributed by atoms with Crippen LogP contribution in [0.4, 0.5) is 0 Å². The third kappa shape index (κ3) is 3.31. The Balaban J connectivity index is 3.94. The lowest BCUT2D eigenvalue weighted by Crippen LogP contribution is -2.44. The summed E-state index contributed by atoms with van der Waals surface area (Å²) >= 11 is 0. The van der Waals surface area contributed by atoms with Gasteiger partial charge in [-0.15, -0.1) is 0 Å². The van der Waals surface area contributed by atoms with Gasteiger partial charge in [0.15, 0.2) is 5.54 Å². The molecular weight excluding hydrogens is 158 g/mol. The third-order valence-corrected chi connectivity index (χ3v) is 1.35. The summed E-state index contributed by atoms with van der Waals surface area (Å²) in [5, 5.41) is 36.8. The molecule has 0 heterocycles. The van der Waals surface area contributed by atoms with E-state index in [0.717, 1.165) is 0 Å². The van der Waals surface area contributed by atoms with Crippen LogP contribution in [0.25, 0.3) is 0 Å². The smallest absolute Gasteiger partial charge is 0.191 e. The van der Waals surface area contributed by atoms with Gasteiger partial charge in [-0.25, -0.2) is 0 Å². The van der Waals surface area contributed by atoms with E-state index in [2.05, 4.69) is 5.32 Å². The summed E-state index contributed by atoms with van der Waals surface area (Å²) in [6.45, 7) is 1.03. The van der Waals surface area contributed by atoms with Crippen molar-refractivity contribution < 1.29 is 10.2 Å². The van der Waals surface area contributed by atoms with E-state index in [9.17, 15) is 0 Å². The maximum atomic E-state index is 8.88. The van der Waals surface area contributed by atoms with E-state index in [0.29, 0.717) is 0 Å². The first kappa shape index (κ1) is 10.9. The average Bonchev–Trinajstić information content (AvgIpc) is 2.13. The zero-order valence-electron chi connectivity index (χ0n) is 6.78. The van der Waals surface area contributed by atoms with Crippen LogP contribution in [0.5, 0.6) is 0 Å². The monoisotopic (exact) mass is 169 g/mol. The quantitative estimate of drug-likeness (QED) is 0.487. The number of rotatable bonds is 4. The molecule has 0 spiro atoms. The zero-order valence-corrected chi connectivity index (χ0v) is 6.78. The largest absolute Gasteiger partial charge is 0.394 e.